The lowest BCUT2D eigenvalue weighted by Crippen LogP contribution is -2.47. The van der Waals surface area contributed by atoms with Crippen LogP contribution in [0.3, 0.4) is 0 Å². The summed E-state index contributed by atoms with van der Waals surface area (Å²) in [5.41, 5.74) is 0.882. The van der Waals surface area contributed by atoms with Gasteiger partial charge in [0.25, 0.3) is 0 Å². The third kappa shape index (κ3) is 3.86. The number of alkyl halides is 2. The lowest BCUT2D eigenvalue weighted by molar-refractivity contribution is -0.159. The Bertz CT molecular complexity index is 1070. The van der Waals surface area contributed by atoms with Crippen molar-refractivity contribution in [1.82, 2.24) is 24.3 Å². The summed E-state index contributed by atoms with van der Waals surface area (Å²) >= 11 is 1.56. The second-order valence-electron chi connectivity index (χ2n) is 10.1. The minimum atomic E-state index is -2.75. The average molecular weight is 478 g/mol. The smallest absolute Gasteiger partial charge is 0.249 e. The van der Waals surface area contributed by atoms with Crippen LogP contribution in [0.15, 0.2) is 17.9 Å². The highest BCUT2D eigenvalue weighted by Crippen LogP contribution is 2.51. The van der Waals surface area contributed by atoms with Crippen LogP contribution < -0.4 is 0 Å². The van der Waals surface area contributed by atoms with Crippen molar-refractivity contribution in [3.8, 4) is 0 Å². The van der Waals surface area contributed by atoms with Crippen LogP contribution in [0.4, 0.5) is 8.78 Å². The first kappa shape index (κ1) is 22.4. The SMILES string of the molecule is Cc1nc(CN2CC[C@@]3(CN(C(=O)C4CC(F)(F)C4)C[C@@H]3c3cn(C(C)C)cn3)C2=O)cs1. The Labute approximate surface area is 195 Å². The standard InChI is InChI=1S/C23H29F2N5O2S/c1-14(2)30-10-19(26-13-30)18-9-29(20(31)16-6-23(24,25)7-16)12-22(18)4-5-28(21(22)32)8-17-11-33-15(3)27-17/h10-11,13-14,16,18H,4-9,12H2,1-3H3/t18-,22+/m1/s1. The fourth-order valence-electron chi connectivity index (χ4n) is 5.52. The van der Waals surface area contributed by atoms with Crippen LogP contribution in [0.25, 0.3) is 0 Å². The Hall–Kier alpha value is -2.36. The first-order valence-electron chi connectivity index (χ1n) is 11.5. The van der Waals surface area contributed by atoms with Crippen LogP contribution in [0.1, 0.15) is 61.5 Å². The number of carbonyl (C=O) groups excluding carboxylic acids is 2. The molecule has 2 aromatic heterocycles. The molecular formula is C23H29F2N5O2S. The third-order valence-electron chi connectivity index (χ3n) is 7.43. The number of halogens is 2. The van der Waals surface area contributed by atoms with Crippen LogP contribution in [-0.2, 0) is 16.1 Å². The predicted molar refractivity (Wildman–Crippen MR) is 119 cm³/mol. The maximum Gasteiger partial charge on any atom is 0.249 e. The second kappa shape index (κ2) is 7.85. The van der Waals surface area contributed by atoms with Crippen molar-refractivity contribution in [3.05, 3.63) is 34.3 Å². The Kier molecular flexibility index (Phi) is 5.34. The summed E-state index contributed by atoms with van der Waals surface area (Å²) in [5.74, 6) is -3.91. The van der Waals surface area contributed by atoms with E-state index >= 15 is 0 Å². The molecule has 178 valence electrons. The number of hydrogen-bond donors (Lipinski definition) is 0. The molecule has 2 saturated heterocycles. The molecule has 10 heteroatoms. The summed E-state index contributed by atoms with van der Waals surface area (Å²) < 4.78 is 28.8. The number of amides is 2. The fourth-order valence-corrected chi connectivity index (χ4v) is 6.12. The minimum Gasteiger partial charge on any atom is -0.341 e. The number of rotatable bonds is 5. The van der Waals surface area contributed by atoms with Gasteiger partial charge < -0.3 is 14.4 Å². The maximum atomic E-state index is 13.8. The molecule has 2 aliphatic heterocycles. The molecular weight excluding hydrogens is 448 g/mol. The number of thiazole rings is 1. The Morgan fingerprint density at radius 2 is 2.09 bits per heavy atom. The average Bonchev–Trinajstić information content (AvgIpc) is 3.50. The highest BCUT2D eigenvalue weighted by atomic mass is 32.1. The fraction of sp³-hybridized carbons (Fsp3) is 0.652. The zero-order valence-electron chi connectivity index (χ0n) is 19.1. The zero-order valence-corrected chi connectivity index (χ0v) is 19.9. The molecule has 5 rings (SSSR count). The molecule has 0 radical (unpaired) electrons. The molecule has 1 spiro atoms. The van der Waals surface area contributed by atoms with Gasteiger partial charge in [0.1, 0.15) is 0 Å². The zero-order chi connectivity index (χ0) is 23.5. The summed E-state index contributed by atoms with van der Waals surface area (Å²) in [4.78, 5) is 39.4. The van der Waals surface area contributed by atoms with Gasteiger partial charge in [-0.1, -0.05) is 0 Å². The van der Waals surface area contributed by atoms with Gasteiger partial charge in [-0.05, 0) is 27.2 Å². The van der Waals surface area contributed by atoms with Crippen molar-refractivity contribution >= 4 is 23.2 Å². The number of aryl methyl sites for hydroxylation is 1. The van der Waals surface area contributed by atoms with E-state index in [1.165, 1.54) is 0 Å². The van der Waals surface area contributed by atoms with Crippen molar-refractivity contribution in [2.75, 3.05) is 19.6 Å². The molecule has 0 aromatic carbocycles. The van der Waals surface area contributed by atoms with Crippen molar-refractivity contribution in [2.45, 2.75) is 64.5 Å². The Morgan fingerprint density at radius 1 is 1.33 bits per heavy atom. The van der Waals surface area contributed by atoms with E-state index in [1.54, 1.807) is 22.6 Å². The van der Waals surface area contributed by atoms with Crippen molar-refractivity contribution in [3.63, 3.8) is 0 Å². The van der Waals surface area contributed by atoms with E-state index in [4.69, 9.17) is 0 Å². The lowest BCUT2D eigenvalue weighted by Gasteiger charge is -2.36. The highest BCUT2D eigenvalue weighted by molar-refractivity contribution is 7.09. The number of hydrogen-bond acceptors (Lipinski definition) is 5. The van der Waals surface area contributed by atoms with Gasteiger partial charge in [-0.15, -0.1) is 11.3 Å². The molecule has 0 unspecified atom stereocenters. The first-order chi connectivity index (χ1) is 15.6. The topological polar surface area (TPSA) is 71.3 Å². The summed E-state index contributed by atoms with van der Waals surface area (Å²) in [6, 6.07) is 0.224. The number of nitrogens with zero attached hydrogens (tertiary/aromatic N) is 5. The van der Waals surface area contributed by atoms with Gasteiger partial charge in [0, 0.05) is 61.9 Å². The molecule has 33 heavy (non-hydrogen) atoms. The van der Waals surface area contributed by atoms with E-state index in [0.29, 0.717) is 26.1 Å². The van der Waals surface area contributed by atoms with Crippen molar-refractivity contribution in [1.29, 1.82) is 0 Å². The van der Waals surface area contributed by atoms with Gasteiger partial charge in [-0.25, -0.2) is 18.7 Å². The van der Waals surface area contributed by atoms with Gasteiger partial charge in [-0.3, -0.25) is 9.59 Å². The molecule has 1 aliphatic carbocycles. The van der Waals surface area contributed by atoms with Crippen LogP contribution in [0.5, 0.6) is 0 Å². The number of aromatic nitrogens is 3. The van der Waals surface area contributed by atoms with E-state index < -0.39 is 30.1 Å². The second-order valence-corrected chi connectivity index (χ2v) is 11.1. The Morgan fingerprint density at radius 3 is 2.70 bits per heavy atom. The quantitative estimate of drug-likeness (QED) is 0.660. The summed E-state index contributed by atoms with van der Waals surface area (Å²) in [6.07, 6.45) is 3.54. The monoisotopic (exact) mass is 477 g/mol. The van der Waals surface area contributed by atoms with Gasteiger partial charge in [0.05, 0.1) is 34.7 Å². The highest BCUT2D eigenvalue weighted by Gasteiger charge is 2.60. The van der Waals surface area contributed by atoms with E-state index in [0.717, 1.165) is 16.4 Å². The first-order valence-corrected chi connectivity index (χ1v) is 12.4. The molecule has 7 nitrogen and oxygen atoms in total. The Balaban J connectivity index is 1.42. The van der Waals surface area contributed by atoms with Gasteiger partial charge in [0.2, 0.25) is 17.7 Å². The normalized spacial score (nSPS) is 27.2. The number of likely N-dealkylation sites (tertiary alicyclic amines) is 2. The molecule has 2 atom stereocenters. The summed E-state index contributed by atoms with van der Waals surface area (Å²) in [7, 11) is 0. The van der Waals surface area contributed by atoms with Crippen LogP contribution in [0.2, 0.25) is 0 Å². The largest absolute Gasteiger partial charge is 0.341 e. The molecule has 2 aromatic rings. The minimum absolute atomic E-state index is 0.00601. The lowest BCUT2D eigenvalue weighted by atomic mass is 9.75. The summed E-state index contributed by atoms with van der Waals surface area (Å²) in [6.45, 7) is 7.68. The van der Waals surface area contributed by atoms with Crippen molar-refractivity contribution in [2.24, 2.45) is 11.3 Å². The molecule has 4 heterocycles. The summed E-state index contributed by atoms with van der Waals surface area (Å²) in [5, 5.41) is 2.93. The van der Waals surface area contributed by atoms with Crippen molar-refractivity contribution < 1.29 is 18.4 Å². The van der Waals surface area contributed by atoms with E-state index in [2.05, 4.69) is 23.8 Å². The van der Waals surface area contributed by atoms with Gasteiger partial charge in [0.15, 0.2) is 0 Å². The van der Waals surface area contributed by atoms with Crippen LogP contribution >= 0.6 is 11.3 Å². The van der Waals surface area contributed by atoms with E-state index in [9.17, 15) is 18.4 Å². The molecule has 3 fully saturated rings. The van der Waals surface area contributed by atoms with Gasteiger partial charge in [-0.2, -0.15) is 0 Å². The molecule has 0 bridgehead atoms. The number of carbonyl (C=O) groups is 2. The third-order valence-corrected chi connectivity index (χ3v) is 8.25. The molecule has 2 amide bonds. The van der Waals surface area contributed by atoms with E-state index in [1.807, 2.05) is 28.0 Å². The van der Waals surface area contributed by atoms with Gasteiger partial charge >= 0.3 is 0 Å². The number of imidazole rings is 1. The molecule has 0 N–H and O–H groups in total. The van der Waals surface area contributed by atoms with E-state index in [-0.39, 0.29) is 30.3 Å². The van der Waals surface area contributed by atoms with Crippen LogP contribution in [-0.4, -0.2) is 61.7 Å². The predicted octanol–water partition coefficient (Wildman–Crippen LogP) is 3.62. The molecule has 1 saturated carbocycles. The molecule has 3 aliphatic rings. The van der Waals surface area contributed by atoms with Crippen LogP contribution in [0, 0.1) is 18.3 Å². The maximum absolute atomic E-state index is 13.8.